The zero-order chi connectivity index (χ0) is 14.5. The Labute approximate surface area is 115 Å². The maximum absolute atomic E-state index is 12.0. The van der Waals surface area contributed by atoms with E-state index in [-0.39, 0.29) is 24.2 Å². The standard InChI is InChI=1S/C12H24N2O4S/c1-14(9-10-5-3-4-7-18-10)12(15)11(13)6-8-19(2,16)17/h10-11H,3-9,13H2,1-2H3. The van der Waals surface area contributed by atoms with Crippen LogP contribution in [0.15, 0.2) is 0 Å². The van der Waals surface area contributed by atoms with Gasteiger partial charge in [-0.25, -0.2) is 8.42 Å². The van der Waals surface area contributed by atoms with E-state index in [9.17, 15) is 13.2 Å². The lowest BCUT2D eigenvalue weighted by molar-refractivity contribution is -0.133. The van der Waals surface area contributed by atoms with E-state index in [1.54, 1.807) is 11.9 Å². The topological polar surface area (TPSA) is 89.7 Å². The van der Waals surface area contributed by atoms with Gasteiger partial charge in [-0.3, -0.25) is 4.79 Å². The van der Waals surface area contributed by atoms with Gasteiger partial charge in [0, 0.05) is 26.5 Å². The van der Waals surface area contributed by atoms with Crippen molar-refractivity contribution in [2.45, 2.75) is 37.8 Å². The van der Waals surface area contributed by atoms with Gasteiger partial charge < -0.3 is 15.4 Å². The third kappa shape index (κ3) is 6.35. The third-order valence-electron chi connectivity index (χ3n) is 3.24. The quantitative estimate of drug-likeness (QED) is 0.731. The molecule has 0 bridgehead atoms. The van der Waals surface area contributed by atoms with Gasteiger partial charge in [0.25, 0.3) is 0 Å². The van der Waals surface area contributed by atoms with Crippen LogP contribution in [0, 0.1) is 0 Å². The van der Waals surface area contributed by atoms with Crippen molar-refractivity contribution in [1.29, 1.82) is 0 Å². The molecule has 1 amide bonds. The van der Waals surface area contributed by atoms with E-state index in [4.69, 9.17) is 10.5 Å². The summed E-state index contributed by atoms with van der Waals surface area (Å²) < 4.78 is 27.7. The first-order chi connectivity index (χ1) is 8.79. The molecular formula is C12H24N2O4S. The van der Waals surface area contributed by atoms with Crippen molar-refractivity contribution in [3.8, 4) is 0 Å². The molecule has 2 atom stereocenters. The average Bonchev–Trinajstić information content (AvgIpc) is 2.35. The third-order valence-corrected chi connectivity index (χ3v) is 4.22. The molecule has 1 aliphatic rings. The van der Waals surface area contributed by atoms with E-state index in [0.717, 1.165) is 32.1 Å². The van der Waals surface area contributed by atoms with Gasteiger partial charge in [0.05, 0.1) is 17.9 Å². The molecule has 1 rings (SSSR count). The number of ether oxygens (including phenoxy) is 1. The van der Waals surface area contributed by atoms with Crippen molar-refractivity contribution in [1.82, 2.24) is 4.90 Å². The molecule has 1 aliphatic heterocycles. The number of hydrogen-bond donors (Lipinski definition) is 1. The van der Waals surface area contributed by atoms with Gasteiger partial charge in [-0.15, -0.1) is 0 Å². The molecule has 0 aliphatic carbocycles. The van der Waals surface area contributed by atoms with Gasteiger partial charge in [-0.1, -0.05) is 0 Å². The van der Waals surface area contributed by atoms with Crippen LogP contribution < -0.4 is 5.73 Å². The summed E-state index contributed by atoms with van der Waals surface area (Å²) in [5, 5.41) is 0. The van der Waals surface area contributed by atoms with Crippen molar-refractivity contribution in [3.63, 3.8) is 0 Å². The van der Waals surface area contributed by atoms with Crippen LogP contribution in [0.3, 0.4) is 0 Å². The van der Waals surface area contributed by atoms with Gasteiger partial charge >= 0.3 is 0 Å². The first-order valence-corrected chi connectivity index (χ1v) is 8.65. The van der Waals surface area contributed by atoms with Crippen LogP contribution >= 0.6 is 0 Å². The fourth-order valence-corrected chi connectivity index (χ4v) is 2.78. The second-order valence-corrected chi connectivity index (χ2v) is 7.49. The molecule has 0 aromatic carbocycles. The molecule has 1 heterocycles. The monoisotopic (exact) mass is 292 g/mol. The molecule has 6 nitrogen and oxygen atoms in total. The lowest BCUT2D eigenvalue weighted by atomic mass is 10.1. The Morgan fingerprint density at radius 2 is 2.16 bits per heavy atom. The fraction of sp³-hybridized carbons (Fsp3) is 0.917. The van der Waals surface area contributed by atoms with Crippen molar-refractivity contribution < 1.29 is 17.9 Å². The zero-order valence-corrected chi connectivity index (χ0v) is 12.5. The Morgan fingerprint density at radius 3 is 2.68 bits per heavy atom. The van der Waals surface area contributed by atoms with Crippen molar-refractivity contribution in [2.24, 2.45) is 5.73 Å². The lowest BCUT2D eigenvalue weighted by Crippen LogP contribution is -2.46. The van der Waals surface area contributed by atoms with Crippen LogP contribution in [0.25, 0.3) is 0 Å². The highest BCUT2D eigenvalue weighted by Crippen LogP contribution is 2.13. The average molecular weight is 292 g/mol. The molecule has 7 heteroatoms. The number of sulfone groups is 1. The summed E-state index contributed by atoms with van der Waals surface area (Å²) in [6.07, 6.45) is 4.52. The summed E-state index contributed by atoms with van der Waals surface area (Å²) in [6, 6.07) is -0.761. The van der Waals surface area contributed by atoms with Crippen molar-refractivity contribution in [3.05, 3.63) is 0 Å². The van der Waals surface area contributed by atoms with Gasteiger partial charge in [-0.05, 0) is 25.7 Å². The number of amides is 1. The molecule has 0 saturated carbocycles. The molecule has 0 aromatic rings. The predicted octanol–water partition coefficient (Wildman–Crippen LogP) is -0.224. The van der Waals surface area contributed by atoms with E-state index in [0.29, 0.717) is 6.54 Å². The molecule has 0 radical (unpaired) electrons. The number of rotatable bonds is 6. The molecule has 2 N–H and O–H groups in total. The number of hydrogen-bond acceptors (Lipinski definition) is 5. The molecule has 1 saturated heterocycles. The molecule has 0 aromatic heterocycles. The first-order valence-electron chi connectivity index (χ1n) is 6.59. The Balaban J connectivity index is 2.37. The summed E-state index contributed by atoms with van der Waals surface area (Å²) >= 11 is 0. The summed E-state index contributed by atoms with van der Waals surface area (Å²) in [5.41, 5.74) is 5.73. The Kier molecular flexibility index (Phi) is 6.22. The van der Waals surface area contributed by atoms with Gasteiger partial charge in [-0.2, -0.15) is 0 Å². The van der Waals surface area contributed by atoms with E-state index >= 15 is 0 Å². The second-order valence-electron chi connectivity index (χ2n) is 5.23. The van der Waals surface area contributed by atoms with Crippen molar-refractivity contribution >= 4 is 15.7 Å². The maximum Gasteiger partial charge on any atom is 0.239 e. The number of nitrogens with zero attached hydrogens (tertiary/aromatic N) is 1. The number of nitrogens with two attached hydrogens (primary N) is 1. The largest absolute Gasteiger partial charge is 0.376 e. The maximum atomic E-state index is 12.0. The van der Waals surface area contributed by atoms with Crippen LogP contribution in [0.5, 0.6) is 0 Å². The van der Waals surface area contributed by atoms with E-state index < -0.39 is 15.9 Å². The Bertz CT molecular complexity index is 391. The molecule has 0 spiro atoms. The number of likely N-dealkylation sites (N-methyl/N-ethyl adjacent to an activating group) is 1. The SMILES string of the molecule is CN(CC1CCCCO1)C(=O)C(N)CCS(C)(=O)=O. The minimum atomic E-state index is -3.08. The zero-order valence-electron chi connectivity index (χ0n) is 11.7. The van der Waals surface area contributed by atoms with E-state index in [2.05, 4.69) is 0 Å². The van der Waals surface area contributed by atoms with Crippen LogP contribution in [0.1, 0.15) is 25.7 Å². The second kappa shape index (κ2) is 7.21. The molecule has 2 unspecified atom stereocenters. The Morgan fingerprint density at radius 1 is 1.47 bits per heavy atom. The highest BCUT2D eigenvalue weighted by molar-refractivity contribution is 7.90. The lowest BCUT2D eigenvalue weighted by Gasteiger charge is -2.28. The molecule has 1 fully saturated rings. The van der Waals surface area contributed by atoms with E-state index in [1.165, 1.54) is 0 Å². The van der Waals surface area contributed by atoms with Gasteiger partial charge in [0.2, 0.25) is 5.91 Å². The highest BCUT2D eigenvalue weighted by Gasteiger charge is 2.23. The number of carbonyl (C=O) groups excluding carboxylic acids is 1. The van der Waals surface area contributed by atoms with Gasteiger partial charge in [0.1, 0.15) is 9.84 Å². The van der Waals surface area contributed by atoms with E-state index in [1.807, 2.05) is 0 Å². The minimum absolute atomic E-state index is 0.0618. The summed E-state index contributed by atoms with van der Waals surface area (Å²) in [6.45, 7) is 1.26. The number of carbonyl (C=O) groups is 1. The highest BCUT2D eigenvalue weighted by atomic mass is 32.2. The van der Waals surface area contributed by atoms with Gasteiger partial charge in [0.15, 0.2) is 0 Å². The summed E-state index contributed by atoms with van der Waals surface area (Å²) in [7, 11) is -1.40. The minimum Gasteiger partial charge on any atom is -0.376 e. The predicted molar refractivity (Wildman–Crippen MR) is 73.5 cm³/mol. The van der Waals surface area contributed by atoms with Crippen LogP contribution in [-0.4, -0.2) is 63.6 Å². The van der Waals surface area contributed by atoms with Crippen LogP contribution in [-0.2, 0) is 19.4 Å². The normalized spacial score (nSPS) is 21.9. The summed E-state index contributed by atoms with van der Waals surface area (Å²) in [5.74, 6) is -0.286. The first kappa shape index (κ1) is 16.4. The molecule has 112 valence electrons. The van der Waals surface area contributed by atoms with Crippen molar-refractivity contribution in [2.75, 3.05) is 32.2 Å². The smallest absolute Gasteiger partial charge is 0.239 e. The van der Waals surface area contributed by atoms with Crippen LogP contribution in [0.4, 0.5) is 0 Å². The summed E-state index contributed by atoms with van der Waals surface area (Å²) in [4.78, 5) is 13.5. The van der Waals surface area contributed by atoms with Crippen LogP contribution in [0.2, 0.25) is 0 Å². The fourth-order valence-electron chi connectivity index (χ4n) is 2.09. The Hall–Kier alpha value is -0.660. The molecule has 19 heavy (non-hydrogen) atoms. The molecular weight excluding hydrogens is 268 g/mol.